The van der Waals surface area contributed by atoms with E-state index in [-0.39, 0.29) is 5.13 Å². The number of carbonyl (C=O) groups is 1. The van der Waals surface area contributed by atoms with Gasteiger partial charge in [0, 0.05) is 18.0 Å². The van der Waals surface area contributed by atoms with Crippen molar-refractivity contribution in [2.24, 2.45) is 0 Å². The maximum Gasteiger partial charge on any atom is 0.276 e. The number of hydrogen-bond donors (Lipinski definition) is 1. The van der Waals surface area contributed by atoms with Gasteiger partial charge in [-0.3, -0.25) is 15.1 Å². The van der Waals surface area contributed by atoms with E-state index in [9.17, 15) is 9.18 Å². The molecule has 2 aromatic rings. The van der Waals surface area contributed by atoms with Gasteiger partial charge in [-0.05, 0) is 12.1 Å². The van der Waals surface area contributed by atoms with E-state index >= 15 is 0 Å². The molecule has 1 N–H and O–H groups in total. The molecule has 5 nitrogen and oxygen atoms in total. The summed E-state index contributed by atoms with van der Waals surface area (Å²) in [6.45, 7) is 0. The molecule has 1 atom stereocenters. The highest BCUT2D eigenvalue weighted by molar-refractivity contribution is 7.18. The first-order valence-electron chi connectivity index (χ1n) is 4.50. The van der Waals surface area contributed by atoms with Crippen LogP contribution in [0.3, 0.4) is 0 Å². The zero-order valence-corrected chi connectivity index (χ0v) is 9.87. The maximum absolute atomic E-state index is 12.4. The number of nitrogens with zero attached hydrogens (tertiary/aromatic N) is 3. The summed E-state index contributed by atoms with van der Waals surface area (Å²) in [5.41, 5.74) is -1.27. The van der Waals surface area contributed by atoms with Gasteiger partial charge in [-0.1, -0.05) is 22.9 Å². The number of amides is 1. The molecule has 0 spiro atoms. The van der Waals surface area contributed by atoms with Crippen LogP contribution < -0.4 is 5.32 Å². The quantitative estimate of drug-likeness (QED) is 0.869. The fourth-order valence-electron chi connectivity index (χ4n) is 1.04. The third kappa shape index (κ3) is 2.95. The summed E-state index contributed by atoms with van der Waals surface area (Å²) in [6.07, 6.45) is 3.23. The van der Waals surface area contributed by atoms with Crippen molar-refractivity contribution >= 4 is 34.0 Å². The predicted octanol–water partition coefficient (Wildman–Crippen LogP) is 2.07. The summed E-state index contributed by atoms with van der Waals surface area (Å²) in [4.78, 5) is 14.8. The van der Waals surface area contributed by atoms with Crippen LogP contribution in [0, 0.1) is 0 Å². The third-order valence-electron chi connectivity index (χ3n) is 1.78. The topological polar surface area (TPSA) is 67.8 Å². The fourth-order valence-corrected chi connectivity index (χ4v) is 1.85. The van der Waals surface area contributed by atoms with E-state index in [0.717, 1.165) is 16.9 Å². The summed E-state index contributed by atoms with van der Waals surface area (Å²) in [5.74, 6) is -0.955. The van der Waals surface area contributed by atoms with E-state index in [2.05, 4.69) is 20.5 Å². The lowest BCUT2D eigenvalue weighted by Crippen LogP contribution is -2.19. The molecular weight excluding hydrogens is 267 g/mol. The van der Waals surface area contributed by atoms with Crippen molar-refractivity contribution in [2.75, 3.05) is 5.32 Å². The monoisotopic (exact) mass is 272 g/mol. The van der Waals surface area contributed by atoms with Crippen LogP contribution >= 0.6 is 22.9 Å². The average molecular weight is 273 g/mol. The van der Waals surface area contributed by atoms with Gasteiger partial charge < -0.3 is 0 Å². The van der Waals surface area contributed by atoms with E-state index in [1.807, 2.05) is 0 Å². The summed E-state index contributed by atoms with van der Waals surface area (Å²) >= 11 is 6.10. The highest BCUT2D eigenvalue weighted by atomic mass is 35.5. The van der Waals surface area contributed by atoms with E-state index in [4.69, 9.17) is 11.6 Å². The molecule has 2 aromatic heterocycles. The SMILES string of the molecule is O=C(Nc1nnc(-c2ccncc2)s1)C(F)Cl. The third-order valence-corrected chi connectivity index (χ3v) is 2.87. The Balaban J connectivity index is 2.14. The van der Waals surface area contributed by atoms with E-state index in [1.54, 1.807) is 24.5 Å². The molecule has 0 saturated heterocycles. The second-order valence-electron chi connectivity index (χ2n) is 2.94. The van der Waals surface area contributed by atoms with Gasteiger partial charge in [0.1, 0.15) is 5.01 Å². The van der Waals surface area contributed by atoms with Crippen molar-refractivity contribution < 1.29 is 9.18 Å². The molecule has 0 aliphatic heterocycles. The zero-order valence-electron chi connectivity index (χ0n) is 8.30. The van der Waals surface area contributed by atoms with E-state index < -0.39 is 11.5 Å². The minimum atomic E-state index is -2.09. The van der Waals surface area contributed by atoms with Gasteiger partial charge >= 0.3 is 0 Å². The Kier molecular flexibility index (Phi) is 3.60. The molecule has 0 fully saturated rings. The summed E-state index contributed by atoms with van der Waals surface area (Å²) in [5, 5.41) is 10.6. The Morgan fingerprint density at radius 3 is 2.76 bits per heavy atom. The molecule has 2 heterocycles. The van der Waals surface area contributed by atoms with Crippen LogP contribution in [-0.2, 0) is 4.79 Å². The second kappa shape index (κ2) is 5.15. The predicted molar refractivity (Wildman–Crippen MR) is 62.5 cm³/mol. The Bertz CT molecular complexity index is 519. The minimum Gasteiger partial charge on any atom is -0.297 e. The highest BCUT2D eigenvalue weighted by Crippen LogP contribution is 2.25. The van der Waals surface area contributed by atoms with Crippen LogP contribution in [0.25, 0.3) is 10.6 Å². The number of pyridine rings is 1. The zero-order chi connectivity index (χ0) is 12.3. The molecule has 0 aromatic carbocycles. The second-order valence-corrected chi connectivity index (χ2v) is 4.30. The Hall–Kier alpha value is -1.60. The molecule has 2 rings (SSSR count). The number of carbonyl (C=O) groups excluding carboxylic acids is 1. The normalized spacial score (nSPS) is 12.1. The van der Waals surface area contributed by atoms with Crippen molar-refractivity contribution in [3.63, 3.8) is 0 Å². The van der Waals surface area contributed by atoms with Crippen LogP contribution in [0.5, 0.6) is 0 Å². The molecule has 1 amide bonds. The van der Waals surface area contributed by atoms with Crippen molar-refractivity contribution in [2.45, 2.75) is 5.63 Å². The van der Waals surface area contributed by atoms with Crippen molar-refractivity contribution in [3.05, 3.63) is 24.5 Å². The number of nitrogens with one attached hydrogen (secondary N) is 1. The number of aromatic nitrogens is 3. The van der Waals surface area contributed by atoms with Gasteiger partial charge in [0.05, 0.1) is 0 Å². The van der Waals surface area contributed by atoms with Gasteiger partial charge in [-0.25, -0.2) is 4.39 Å². The van der Waals surface area contributed by atoms with E-state index in [1.165, 1.54) is 0 Å². The lowest BCUT2D eigenvalue weighted by Gasteiger charge is -1.98. The molecule has 1 unspecified atom stereocenters. The molecule has 0 aliphatic rings. The Morgan fingerprint density at radius 1 is 1.41 bits per heavy atom. The maximum atomic E-state index is 12.4. The number of alkyl halides is 2. The molecule has 88 valence electrons. The van der Waals surface area contributed by atoms with Gasteiger partial charge in [0.2, 0.25) is 5.13 Å². The van der Waals surface area contributed by atoms with Crippen molar-refractivity contribution in [1.82, 2.24) is 15.2 Å². The largest absolute Gasteiger partial charge is 0.297 e. The summed E-state index contributed by atoms with van der Waals surface area (Å²) in [6, 6.07) is 3.51. The van der Waals surface area contributed by atoms with Crippen LogP contribution in [0.4, 0.5) is 9.52 Å². The highest BCUT2D eigenvalue weighted by Gasteiger charge is 2.15. The van der Waals surface area contributed by atoms with Crippen LogP contribution in [0.1, 0.15) is 0 Å². The summed E-state index contributed by atoms with van der Waals surface area (Å²) < 4.78 is 12.4. The minimum absolute atomic E-state index is 0.199. The molecule has 0 aliphatic carbocycles. The van der Waals surface area contributed by atoms with Crippen molar-refractivity contribution in [3.8, 4) is 10.6 Å². The van der Waals surface area contributed by atoms with Crippen LogP contribution in [0.2, 0.25) is 0 Å². The lowest BCUT2D eigenvalue weighted by atomic mass is 10.3. The summed E-state index contributed by atoms with van der Waals surface area (Å²) in [7, 11) is 0. The standard InChI is InChI=1S/C9H6ClFN4OS/c10-6(11)7(16)13-9-15-14-8(17-9)5-1-3-12-4-2-5/h1-4,6H,(H,13,15,16). The Morgan fingerprint density at radius 2 is 2.12 bits per heavy atom. The molecule has 0 radical (unpaired) electrons. The molecule has 17 heavy (non-hydrogen) atoms. The lowest BCUT2D eigenvalue weighted by molar-refractivity contribution is -0.118. The van der Waals surface area contributed by atoms with E-state index in [0.29, 0.717) is 5.01 Å². The van der Waals surface area contributed by atoms with Crippen molar-refractivity contribution in [1.29, 1.82) is 0 Å². The first-order valence-corrected chi connectivity index (χ1v) is 5.75. The molecule has 8 heteroatoms. The number of rotatable bonds is 3. The first kappa shape index (κ1) is 11.9. The van der Waals surface area contributed by atoms with Gasteiger partial charge in [-0.2, -0.15) is 0 Å². The number of anilines is 1. The van der Waals surface area contributed by atoms with Gasteiger partial charge in [-0.15, -0.1) is 10.2 Å². The number of hydrogen-bond acceptors (Lipinski definition) is 5. The van der Waals surface area contributed by atoms with Gasteiger partial charge in [0.15, 0.2) is 0 Å². The average Bonchev–Trinajstić information content (AvgIpc) is 2.78. The first-order chi connectivity index (χ1) is 8.16. The molecular formula is C9H6ClFN4OS. The Labute approximate surface area is 105 Å². The smallest absolute Gasteiger partial charge is 0.276 e. The van der Waals surface area contributed by atoms with Crippen LogP contribution in [0.15, 0.2) is 24.5 Å². The molecule has 0 bridgehead atoms. The number of halogens is 2. The van der Waals surface area contributed by atoms with Gasteiger partial charge in [0.25, 0.3) is 11.5 Å². The van der Waals surface area contributed by atoms with Crippen LogP contribution in [-0.4, -0.2) is 26.7 Å². The molecule has 0 saturated carbocycles. The fraction of sp³-hybridized carbons (Fsp3) is 0.111.